The summed E-state index contributed by atoms with van der Waals surface area (Å²) in [4.78, 5) is 2.34. The van der Waals surface area contributed by atoms with E-state index in [4.69, 9.17) is 13.9 Å². The summed E-state index contributed by atoms with van der Waals surface area (Å²) in [6.45, 7) is 9.74. The van der Waals surface area contributed by atoms with Crippen LogP contribution in [0.1, 0.15) is 44.3 Å². The fraction of sp³-hybridized carbons (Fsp3) is 0.440. The summed E-state index contributed by atoms with van der Waals surface area (Å²) >= 11 is 1.69. The summed E-state index contributed by atoms with van der Waals surface area (Å²) in [7, 11) is 1.67. The van der Waals surface area contributed by atoms with E-state index in [9.17, 15) is 0 Å². The minimum absolute atomic E-state index is 0.417. The average molecular weight is 428 g/mol. The minimum atomic E-state index is -0.417. The highest BCUT2D eigenvalue weighted by atomic mass is 32.1. The zero-order chi connectivity index (χ0) is 21.7. The van der Waals surface area contributed by atoms with Crippen molar-refractivity contribution in [3.63, 3.8) is 0 Å². The van der Waals surface area contributed by atoms with Crippen molar-refractivity contribution < 1.29 is 13.9 Å². The van der Waals surface area contributed by atoms with Crippen LogP contribution in [0.2, 0.25) is 0 Å². The van der Waals surface area contributed by atoms with Crippen molar-refractivity contribution in [2.75, 3.05) is 26.8 Å². The Hall–Kier alpha value is -2.10. The van der Waals surface area contributed by atoms with Gasteiger partial charge in [-0.05, 0) is 67.4 Å². The van der Waals surface area contributed by atoms with Crippen LogP contribution >= 0.6 is 11.3 Å². The van der Waals surface area contributed by atoms with Gasteiger partial charge in [-0.25, -0.2) is 0 Å². The molecule has 0 fully saturated rings. The summed E-state index contributed by atoms with van der Waals surface area (Å²) < 4.78 is 16.9. The maximum atomic E-state index is 5.94. The first-order valence-corrected chi connectivity index (χ1v) is 11.3. The molecule has 0 N–H and O–H groups in total. The Morgan fingerprint density at radius 2 is 2.03 bits per heavy atom. The molecule has 0 aliphatic rings. The van der Waals surface area contributed by atoms with Gasteiger partial charge in [0.25, 0.3) is 0 Å². The monoisotopic (exact) mass is 427 g/mol. The van der Waals surface area contributed by atoms with E-state index in [1.165, 1.54) is 5.56 Å². The van der Waals surface area contributed by atoms with Gasteiger partial charge in [0.1, 0.15) is 23.7 Å². The lowest BCUT2D eigenvalue weighted by Gasteiger charge is -2.18. The molecule has 0 unspecified atom stereocenters. The molecule has 162 valence electrons. The van der Waals surface area contributed by atoms with Gasteiger partial charge in [-0.2, -0.15) is 11.3 Å². The summed E-state index contributed by atoms with van der Waals surface area (Å²) in [6.07, 6.45) is 9.16. The highest BCUT2D eigenvalue weighted by Crippen LogP contribution is 2.13. The molecule has 0 atom stereocenters. The van der Waals surface area contributed by atoms with Crippen LogP contribution in [0, 0.1) is 11.8 Å². The fourth-order valence-corrected chi connectivity index (χ4v) is 3.29. The van der Waals surface area contributed by atoms with Crippen LogP contribution in [-0.4, -0.2) is 37.3 Å². The molecule has 0 saturated heterocycles. The van der Waals surface area contributed by atoms with Crippen LogP contribution in [0.15, 0.2) is 51.6 Å². The molecule has 0 aromatic carbocycles. The first-order valence-electron chi connectivity index (χ1n) is 10.3. The van der Waals surface area contributed by atoms with Crippen molar-refractivity contribution in [2.24, 2.45) is 0 Å². The van der Waals surface area contributed by atoms with Crippen LogP contribution in [0.5, 0.6) is 0 Å². The molecule has 0 aliphatic heterocycles. The van der Waals surface area contributed by atoms with Crippen molar-refractivity contribution in [1.82, 2.24) is 4.90 Å². The molecule has 0 saturated carbocycles. The number of hydrogen-bond donors (Lipinski definition) is 0. The zero-order valence-corrected chi connectivity index (χ0v) is 19.3. The van der Waals surface area contributed by atoms with Gasteiger partial charge in [-0.3, -0.25) is 4.90 Å². The molecule has 5 heteroatoms. The Morgan fingerprint density at radius 1 is 1.20 bits per heavy atom. The molecule has 2 rings (SSSR count). The molecule has 0 bridgehead atoms. The topological polar surface area (TPSA) is 34.8 Å². The summed E-state index contributed by atoms with van der Waals surface area (Å²) in [5.41, 5.74) is 0.794. The van der Waals surface area contributed by atoms with Gasteiger partial charge in [-0.1, -0.05) is 37.0 Å². The molecule has 0 amide bonds. The molecular weight excluding hydrogens is 394 g/mol. The van der Waals surface area contributed by atoms with Crippen LogP contribution in [-0.2, 0) is 22.6 Å². The maximum Gasteiger partial charge on any atom is 0.129 e. The van der Waals surface area contributed by atoms with Gasteiger partial charge in [0, 0.05) is 13.7 Å². The van der Waals surface area contributed by atoms with Crippen molar-refractivity contribution in [3.8, 4) is 11.8 Å². The van der Waals surface area contributed by atoms with Gasteiger partial charge >= 0.3 is 0 Å². The Kier molecular flexibility index (Phi) is 10.7. The van der Waals surface area contributed by atoms with Gasteiger partial charge in [-0.15, -0.1) is 0 Å². The molecule has 2 aromatic heterocycles. The Balaban J connectivity index is 1.76. The lowest BCUT2D eigenvalue weighted by atomic mass is 10.1. The fourth-order valence-electron chi connectivity index (χ4n) is 2.67. The quantitative estimate of drug-likeness (QED) is 0.318. The minimum Gasteiger partial charge on any atom is -0.462 e. The number of hydrogen-bond acceptors (Lipinski definition) is 5. The number of rotatable bonds is 12. The zero-order valence-electron chi connectivity index (χ0n) is 18.5. The smallest absolute Gasteiger partial charge is 0.129 e. The molecule has 2 aromatic rings. The Labute approximate surface area is 185 Å². The molecule has 0 aliphatic carbocycles. The summed E-state index contributed by atoms with van der Waals surface area (Å²) in [6, 6.07) is 6.12. The highest BCUT2D eigenvalue weighted by Gasteiger charge is 2.10. The second kappa shape index (κ2) is 13.3. The average Bonchev–Trinajstić information content (AvgIpc) is 3.40. The van der Waals surface area contributed by atoms with Gasteiger partial charge in [0.05, 0.1) is 13.2 Å². The van der Waals surface area contributed by atoms with Crippen LogP contribution in [0.25, 0.3) is 6.08 Å². The van der Waals surface area contributed by atoms with Gasteiger partial charge < -0.3 is 13.9 Å². The second-order valence-electron chi connectivity index (χ2n) is 7.46. The Bertz CT molecular complexity index is 837. The lowest BCUT2D eigenvalue weighted by Crippen LogP contribution is -2.24. The van der Waals surface area contributed by atoms with E-state index in [1.807, 2.05) is 38.1 Å². The lowest BCUT2D eigenvalue weighted by molar-refractivity contribution is 0.0742. The van der Waals surface area contributed by atoms with Gasteiger partial charge in [0.15, 0.2) is 0 Å². The number of thiophene rings is 1. The third-order valence-corrected chi connectivity index (χ3v) is 5.10. The van der Waals surface area contributed by atoms with E-state index in [0.29, 0.717) is 13.2 Å². The molecule has 2 heterocycles. The second-order valence-corrected chi connectivity index (χ2v) is 8.24. The number of nitrogens with zero attached hydrogens (tertiary/aromatic N) is 1. The van der Waals surface area contributed by atoms with E-state index >= 15 is 0 Å². The standard InChI is InChI=1S/C25H33NO3S/c1-5-15-26(16-8-6-7-14-25(2,3)27-4)19-23-11-12-24(29-23)20-28-17-9-10-22-13-18-30-21-22/h6,8-13,18,21H,5,15-17,19-20H2,1-4H3/b8-6+,10-9+. The number of allylic oxidation sites excluding steroid dienone is 1. The van der Waals surface area contributed by atoms with Crippen LogP contribution in [0.4, 0.5) is 0 Å². The number of furan rings is 1. The number of methoxy groups -OCH3 is 1. The summed E-state index contributed by atoms with van der Waals surface area (Å²) in [5, 5.41) is 4.18. The predicted molar refractivity (Wildman–Crippen MR) is 125 cm³/mol. The first-order chi connectivity index (χ1) is 14.5. The highest BCUT2D eigenvalue weighted by molar-refractivity contribution is 7.08. The largest absolute Gasteiger partial charge is 0.462 e. The molecule has 0 spiro atoms. The van der Waals surface area contributed by atoms with Crippen LogP contribution < -0.4 is 0 Å². The van der Waals surface area contributed by atoms with Crippen molar-refractivity contribution >= 4 is 17.4 Å². The van der Waals surface area contributed by atoms with E-state index in [-0.39, 0.29) is 0 Å². The van der Waals surface area contributed by atoms with E-state index in [1.54, 1.807) is 18.4 Å². The van der Waals surface area contributed by atoms with Crippen molar-refractivity contribution in [1.29, 1.82) is 0 Å². The van der Waals surface area contributed by atoms with E-state index < -0.39 is 5.60 Å². The number of ether oxygens (including phenoxy) is 2. The first kappa shape index (κ1) is 24.2. The molecule has 4 nitrogen and oxygen atoms in total. The Morgan fingerprint density at radius 3 is 2.77 bits per heavy atom. The third-order valence-electron chi connectivity index (χ3n) is 4.40. The van der Waals surface area contributed by atoms with E-state index in [2.05, 4.69) is 52.6 Å². The van der Waals surface area contributed by atoms with Crippen molar-refractivity contribution in [3.05, 3.63) is 64.3 Å². The van der Waals surface area contributed by atoms with Crippen molar-refractivity contribution in [2.45, 2.75) is 45.9 Å². The molecule has 30 heavy (non-hydrogen) atoms. The van der Waals surface area contributed by atoms with Crippen LogP contribution in [0.3, 0.4) is 0 Å². The molecule has 0 radical (unpaired) electrons. The third kappa shape index (κ3) is 9.60. The summed E-state index contributed by atoms with van der Waals surface area (Å²) in [5.74, 6) is 7.96. The normalized spacial score (nSPS) is 12.2. The predicted octanol–water partition coefficient (Wildman–Crippen LogP) is 5.77. The van der Waals surface area contributed by atoms with Gasteiger partial charge in [0.2, 0.25) is 0 Å². The maximum absolute atomic E-state index is 5.94. The molecular formula is C25H33NO3S. The van der Waals surface area contributed by atoms with E-state index in [0.717, 1.165) is 37.6 Å². The SMILES string of the molecule is CCCN(C/C=C/C#CC(C)(C)OC)Cc1ccc(COC/C=C/c2ccsc2)o1.